The third-order valence-corrected chi connectivity index (χ3v) is 3.52. The molecule has 1 fully saturated rings. The highest BCUT2D eigenvalue weighted by Gasteiger charge is 2.47. The first-order valence-electron chi connectivity index (χ1n) is 7.00. The van der Waals surface area contributed by atoms with E-state index in [0.717, 1.165) is 0 Å². The second-order valence-corrected chi connectivity index (χ2v) is 5.02. The Morgan fingerprint density at radius 2 is 1.95 bits per heavy atom. The van der Waals surface area contributed by atoms with E-state index in [1.54, 1.807) is 0 Å². The van der Waals surface area contributed by atoms with Crippen LogP contribution in [0.1, 0.15) is 32.1 Å². The summed E-state index contributed by atoms with van der Waals surface area (Å²) in [5, 5.41) is 11.0. The fourth-order valence-electron chi connectivity index (χ4n) is 2.52. The van der Waals surface area contributed by atoms with Crippen LogP contribution in [0.4, 0.5) is 13.2 Å². The zero-order chi connectivity index (χ0) is 15.0. The summed E-state index contributed by atoms with van der Waals surface area (Å²) in [7, 11) is 0. The van der Waals surface area contributed by atoms with Gasteiger partial charge in [0.05, 0.1) is 19.1 Å². The van der Waals surface area contributed by atoms with E-state index >= 15 is 0 Å². The Bertz CT molecular complexity index is 297. The number of alkyl halides is 3. The van der Waals surface area contributed by atoms with Crippen molar-refractivity contribution in [1.82, 2.24) is 5.32 Å². The molecule has 2 atom stereocenters. The van der Waals surface area contributed by atoms with Crippen molar-refractivity contribution in [1.29, 1.82) is 0 Å². The summed E-state index contributed by atoms with van der Waals surface area (Å²) in [4.78, 5) is 11.9. The molecule has 0 aliphatic heterocycles. The number of amides is 1. The number of hydrogen-bond donors (Lipinski definition) is 2. The summed E-state index contributed by atoms with van der Waals surface area (Å²) >= 11 is 0. The molecule has 0 saturated heterocycles. The Labute approximate surface area is 116 Å². The van der Waals surface area contributed by atoms with Gasteiger partial charge in [-0.3, -0.25) is 4.79 Å². The standard InChI is InChI=1S/C13H22F3NO3/c14-13(15,16)11-5-2-1-4-10(11)12(19)17-6-3-8-20-9-7-18/h10-11,18H,1-9H2,(H,17,19). The van der Waals surface area contributed by atoms with E-state index in [9.17, 15) is 18.0 Å². The fourth-order valence-corrected chi connectivity index (χ4v) is 2.52. The summed E-state index contributed by atoms with van der Waals surface area (Å²) in [5.74, 6) is -2.97. The fraction of sp³-hybridized carbons (Fsp3) is 0.923. The lowest BCUT2D eigenvalue weighted by Crippen LogP contribution is -2.42. The molecule has 1 aliphatic rings. The van der Waals surface area contributed by atoms with Gasteiger partial charge in [0.1, 0.15) is 0 Å². The highest BCUT2D eigenvalue weighted by atomic mass is 19.4. The molecule has 1 rings (SSSR count). The first kappa shape index (κ1) is 17.2. The normalized spacial score (nSPS) is 23.6. The minimum atomic E-state index is -4.30. The molecule has 0 spiro atoms. The van der Waals surface area contributed by atoms with Gasteiger partial charge in [0.2, 0.25) is 5.91 Å². The van der Waals surface area contributed by atoms with Gasteiger partial charge in [-0.25, -0.2) is 0 Å². The molecule has 118 valence electrons. The number of rotatable bonds is 7. The van der Waals surface area contributed by atoms with E-state index in [-0.39, 0.29) is 19.6 Å². The van der Waals surface area contributed by atoms with Crippen LogP contribution in [-0.2, 0) is 9.53 Å². The predicted octanol–water partition coefficient (Wildman–Crippen LogP) is 1.87. The number of aliphatic hydroxyl groups excluding tert-OH is 1. The van der Waals surface area contributed by atoms with Gasteiger partial charge in [0.15, 0.2) is 0 Å². The van der Waals surface area contributed by atoms with Gasteiger partial charge < -0.3 is 15.2 Å². The highest BCUT2D eigenvalue weighted by Crippen LogP contribution is 2.41. The summed E-state index contributed by atoms with van der Waals surface area (Å²) in [6.45, 7) is 0.827. The second-order valence-electron chi connectivity index (χ2n) is 5.02. The smallest absolute Gasteiger partial charge is 0.392 e. The lowest BCUT2D eigenvalue weighted by Gasteiger charge is -2.32. The third-order valence-electron chi connectivity index (χ3n) is 3.52. The van der Waals surface area contributed by atoms with E-state index in [1.807, 2.05) is 0 Å². The number of carbonyl (C=O) groups is 1. The molecule has 1 saturated carbocycles. The minimum absolute atomic E-state index is 0.0429. The lowest BCUT2D eigenvalue weighted by atomic mass is 9.78. The summed E-state index contributed by atoms with van der Waals surface area (Å²) in [6.07, 6.45) is -2.23. The molecular formula is C13H22F3NO3. The number of ether oxygens (including phenoxy) is 1. The van der Waals surface area contributed by atoms with Crippen LogP contribution in [0.3, 0.4) is 0 Å². The Balaban J connectivity index is 2.33. The number of carbonyl (C=O) groups excluding carboxylic acids is 1. The van der Waals surface area contributed by atoms with Crippen molar-refractivity contribution in [3.63, 3.8) is 0 Å². The van der Waals surface area contributed by atoms with Gasteiger partial charge in [0, 0.05) is 19.1 Å². The average molecular weight is 297 g/mol. The molecule has 0 bridgehead atoms. The zero-order valence-corrected chi connectivity index (χ0v) is 11.4. The lowest BCUT2D eigenvalue weighted by molar-refractivity contribution is -0.198. The zero-order valence-electron chi connectivity index (χ0n) is 11.4. The Kier molecular flexibility index (Phi) is 7.29. The molecule has 0 radical (unpaired) electrons. The van der Waals surface area contributed by atoms with E-state index in [4.69, 9.17) is 9.84 Å². The van der Waals surface area contributed by atoms with Crippen molar-refractivity contribution < 1.29 is 27.8 Å². The first-order valence-corrected chi connectivity index (χ1v) is 7.00. The van der Waals surface area contributed by atoms with Crippen molar-refractivity contribution in [3.05, 3.63) is 0 Å². The topological polar surface area (TPSA) is 58.6 Å². The van der Waals surface area contributed by atoms with E-state index in [0.29, 0.717) is 38.8 Å². The quantitative estimate of drug-likeness (QED) is 0.705. The molecule has 20 heavy (non-hydrogen) atoms. The van der Waals surface area contributed by atoms with Crippen LogP contribution < -0.4 is 5.32 Å². The van der Waals surface area contributed by atoms with Gasteiger partial charge in [-0.1, -0.05) is 12.8 Å². The van der Waals surface area contributed by atoms with Crippen LogP contribution in [0.2, 0.25) is 0 Å². The molecule has 0 heterocycles. The molecule has 7 heteroatoms. The van der Waals surface area contributed by atoms with E-state index in [1.165, 1.54) is 0 Å². The van der Waals surface area contributed by atoms with Gasteiger partial charge in [-0.15, -0.1) is 0 Å². The van der Waals surface area contributed by atoms with Crippen molar-refractivity contribution in [3.8, 4) is 0 Å². The van der Waals surface area contributed by atoms with Gasteiger partial charge in [-0.05, 0) is 19.3 Å². The monoisotopic (exact) mass is 297 g/mol. The molecule has 0 aromatic heterocycles. The van der Waals surface area contributed by atoms with Crippen molar-refractivity contribution in [2.45, 2.75) is 38.3 Å². The van der Waals surface area contributed by atoms with Crippen molar-refractivity contribution in [2.75, 3.05) is 26.4 Å². The average Bonchev–Trinajstić information content (AvgIpc) is 2.41. The number of aliphatic hydroxyl groups is 1. The third kappa shape index (κ3) is 5.66. The molecular weight excluding hydrogens is 275 g/mol. The van der Waals surface area contributed by atoms with Crippen LogP contribution >= 0.6 is 0 Å². The molecule has 0 aromatic rings. The number of nitrogens with one attached hydrogen (secondary N) is 1. The second kappa shape index (κ2) is 8.46. The predicted molar refractivity (Wildman–Crippen MR) is 67.0 cm³/mol. The first-order chi connectivity index (χ1) is 9.46. The van der Waals surface area contributed by atoms with Crippen LogP contribution in [-0.4, -0.2) is 43.6 Å². The largest absolute Gasteiger partial charge is 0.394 e. The summed E-state index contributed by atoms with van der Waals surface area (Å²) < 4.78 is 43.6. The maximum Gasteiger partial charge on any atom is 0.392 e. The Hall–Kier alpha value is -0.820. The molecule has 4 nitrogen and oxygen atoms in total. The van der Waals surface area contributed by atoms with E-state index < -0.39 is 23.9 Å². The number of halogens is 3. The number of hydrogen-bond acceptors (Lipinski definition) is 3. The SMILES string of the molecule is O=C(NCCCOCCO)C1CCCCC1C(F)(F)F. The minimum Gasteiger partial charge on any atom is -0.394 e. The van der Waals surface area contributed by atoms with Gasteiger partial charge in [-0.2, -0.15) is 13.2 Å². The highest BCUT2D eigenvalue weighted by molar-refractivity contribution is 5.79. The van der Waals surface area contributed by atoms with Crippen molar-refractivity contribution in [2.24, 2.45) is 11.8 Å². The van der Waals surface area contributed by atoms with Gasteiger partial charge in [0.25, 0.3) is 0 Å². The maximum absolute atomic E-state index is 12.9. The van der Waals surface area contributed by atoms with Crippen LogP contribution in [0.25, 0.3) is 0 Å². The van der Waals surface area contributed by atoms with Crippen LogP contribution in [0.5, 0.6) is 0 Å². The van der Waals surface area contributed by atoms with E-state index in [2.05, 4.69) is 5.32 Å². The van der Waals surface area contributed by atoms with Gasteiger partial charge >= 0.3 is 6.18 Å². The molecule has 2 unspecified atom stereocenters. The Morgan fingerprint density at radius 3 is 2.60 bits per heavy atom. The summed E-state index contributed by atoms with van der Waals surface area (Å²) in [6, 6.07) is 0. The molecule has 0 aromatic carbocycles. The Morgan fingerprint density at radius 1 is 1.25 bits per heavy atom. The van der Waals surface area contributed by atoms with Crippen LogP contribution in [0.15, 0.2) is 0 Å². The molecule has 2 N–H and O–H groups in total. The van der Waals surface area contributed by atoms with Crippen molar-refractivity contribution >= 4 is 5.91 Å². The molecule has 1 amide bonds. The maximum atomic E-state index is 12.9. The molecule has 1 aliphatic carbocycles. The van der Waals surface area contributed by atoms with Crippen LogP contribution in [0, 0.1) is 11.8 Å². The summed E-state index contributed by atoms with van der Waals surface area (Å²) in [5.41, 5.74) is 0.